The molecular weight excluding hydrogens is 244 g/mol. The number of hydrogen-bond donors (Lipinski definition) is 1. The minimum Gasteiger partial charge on any atom is -0.508 e. The molecule has 0 aliphatic heterocycles. The Morgan fingerprint density at radius 1 is 0.950 bits per heavy atom. The molecule has 0 bridgehead atoms. The van der Waals surface area contributed by atoms with Crippen LogP contribution in [0.5, 0.6) is 5.75 Å². The van der Waals surface area contributed by atoms with Crippen molar-refractivity contribution in [3.8, 4) is 5.75 Å². The average Bonchev–Trinajstić information content (AvgIpc) is 2.45. The van der Waals surface area contributed by atoms with Gasteiger partial charge >= 0.3 is 0 Å². The van der Waals surface area contributed by atoms with Crippen LogP contribution >= 0.6 is 0 Å². The van der Waals surface area contributed by atoms with Gasteiger partial charge in [-0.25, -0.2) is 0 Å². The molecule has 0 saturated carbocycles. The molecule has 2 rings (SSSR count). The molecule has 0 amide bonds. The Hall–Kier alpha value is -1.76. The molecule has 0 fully saturated rings. The first-order valence-electron chi connectivity index (χ1n) is 7.38. The van der Waals surface area contributed by atoms with E-state index in [4.69, 9.17) is 0 Å². The summed E-state index contributed by atoms with van der Waals surface area (Å²) in [4.78, 5) is 0. The van der Waals surface area contributed by atoms with E-state index in [-0.39, 0.29) is 0 Å². The largest absolute Gasteiger partial charge is 0.508 e. The molecule has 2 aromatic rings. The second kappa shape index (κ2) is 6.13. The number of benzene rings is 2. The van der Waals surface area contributed by atoms with Crippen LogP contribution in [0.25, 0.3) is 0 Å². The second-order valence-corrected chi connectivity index (χ2v) is 5.66. The molecule has 0 radical (unpaired) electrons. The Morgan fingerprint density at radius 3 is 2.30 bits per heavy atom. The van der Waals surface area contributed by atoms with Gasteiger partial charge in [0, 0.05) is 0 Å². The Balaban J connectivity index is 2.34. The third kappa shape index (κ3) is 2.87. The second-order valence-electron chi connectivity index (χ2n) is 5.66. The van der Waals surface area contributed by atoms with Crippen LogP contribution in [0.15, 0.2) is 36.4 Å². The van der Waals surface area contributed by atoms with Gasteiger partial charge in [-0.1, -0.05) is 37.3 Å². The lowest BCUT2D eigenvalue weighted by Crippen LogP contribution is -2.06. The Labute approximate surface area is 122 Å². The summed E-state index contributed by atoms with van der Waals surface area (Å²) in [5.74, 6) is 0.870. The lowest BCUT2D eigenvalue weighted by atomic mass is 9.84. The number of rotatable bonds is 4. The zero-order chi connectivity index (χ0) is 14.7. The van der Waals surface area contributed by atoms with Gasteiger partial charge in [-0.2, -0.15) is 0 Å². The van der Waals surface area contributed by atoms with Crippen molar-refractivity contribution in [1.29, 1.82) is 0 Å². The fourth-order valence-corrected chi connectivity index (χ4v) is 2.84. The van der Waals surface area contributed by atoms with Crippen molar-refractivity contribution in [3.63, 3.8) is 0 Å². The van der Waals surface area contributed by atoms with E-state index in [9.17, 15) is 5.11 Å². The molecule has 0 heterocycles. The first-order chi connectivity index (χ1) is 9.54. The molecular formula is C19H24O. The summed E-state index contributed by atoms with van der Waals surface area (Å²) in [6.45, 7) is 8.79. The van der Waals surface area contributed by atoms with Gasteiger partial charge in [0.2, 0.25) is 0 Å². The third-order valence-electron chi connectivity index (χ3n) is 4.49. The first-order valence-corrected chi connectivity index (χ1v) is 7.38. The van der Waals surface area contributed by atoms with Gasteiger partial charge in [0.25, 0.3) is 0 Å². The maximum absolute atomic E-state index is 9.97. The van der Waals surface area contributed by atoms with E-state index in [0.717, 1.165) is 18.4 Å². The molecule has 106 valence electrons. The van der Waals surface area contributed by atoms with Crippen molar-refractivity contribution in [1.82, 2.24) is 0 Å². The van der Waals surface area contributed by atoms with Gasteiger partial charge in [-0.3, -0.25) is 0 Å². The molecule has 0 aromatic heterocycles. The van der Waals surface area contributed by atoms with E-state index in [1.807, 2.05) is 18.2 Å². The van der Waals surface area contributed by atoms with Crippen LogP contribution in [0, 0.1) is 20.8 Å². The fourth-order valence-electron chi connectivity index (χ4n) is 2.84. The monoisotopic (exact) mass is 268 g/mol. The van der Waals surface area contributed by atoms with Crippen LogP contribution in [0.4, 0.5) is 0 Å². The van der Waals surface area contributed by atoms with E-state index in [1.54, 1.807) is 6.07 Å². The maximum Gasteiger partial charge on any atom is 0.118 e. The van der Waals surface area contributed by atoms with Crippen molar-refractivity contribution < 1.29 is 5.11 Å². The van der Waals surface area contributed by atoms with Gasteiger partial charge in [-0.15, -0.1) is 0 Å². The predicted octanol–water partition coefficient (Wildman–Crippen LogP) is 5.05. The van der Waals surface area contributed by atoms with E-state index in [2.05, 4.69) is 39.8 Å². The molecule has 1 nitrogen and oxygen atoms in total. The van der Waals surface area contributed by atoms with E-state index in [0.29, 0.717) is 11.7 Å². The van der Waals surface area contributed by atoms with Crippen LogP contribution in [0.2, 0.25) is 0 Å². The van der Waals surface area contributed by atoms with Crippen LogP contribution in [0.1, 0.15) is 47.1 Å². The number of phenols is 1. The van der Waals surface area contributed by atoms with Crippen molar-refractivity contribution in [3.05, 3.63) is 64.2 Å². The summed E-state index contributed by atoms with van der Waals surface area (Å²) in [5, 5.41) is 9.97. The molecule has 1 atom stereocenters. The Kier molecular flexibility index (Phi) is 4.49. The highest BCUT2D eigenvalue weighted by atomic mass is 16.3. The number of phenolic OH excluding ortho intramolecular Hbond substituents is 1. The minimum atomic E-state index is 0.410. The zero-order valence-electron chi connectivity index (χ0n) is 12.9. The SMILES string of the molecule is CCC(Cc1ccccc1O)c1ccc(C)c(C)c1C. The van der Waals surface area contributed by atoms with Crippen molar-refractivity contribution in [2.45, 2.75) is 46.5 Å². The summed E-state index contributed by atoms with van der Waals surface area (Å²) >= 11 is 0. The Morgan fingerprint density at radius 2 is 1.65 bits per heavy atom. The zero-order valence-corrected chi connectivity index (χ0v) is 12.9. The normalized spacial score (nSPS) is 12.4. The summed E-state index contributed by atoms with van der Waals surface area (Å²) in [6.07, 6.45) is 1.98. The van der Waals surface area contributed by atoms with Gasteiger partial charge in [0.1, 0.15) is 5.75 Å². The first kappa shape index (κ1) is 14.6. The number of aryl methyl sites for hydroxylation is 1. The van der Waals surface area contributed by atoms with E-state index in [1.165, 1.54) is 22.3 Å². The van der Waals surface area contributed by atoms with E-state index < -0.39 is 0 Å². The van der Waals surface area contributed by atoms with Crippen molar-refractivity contribution in [2.75, 3.05) is 0 Å². The fraction of sp³-hybridized carbons (Fsp3) is 0.368. The molecule has 1 N–H and O–H groups in total. The molecule has 0 aliphatic rings. The smallest absolute Gasteiger partial charge is 0.118 e. The standard InChI is InChI=1S/C19H24O/c1-5-16(12-17-8-6-7-9-19(17)20)18-11-10-13(2)14(3)15(18)4/h6-11,16,20H,5,12H2,1-4H3. The summed E-state index contributed by atoms with van der Waals surface area (Å²) in [6, 6.07) is 12.1. The summed E-state index contributed by atoms with van der Waals surface area (Å²) < 4.78 is 0. The van der Waals surface area contributed by atoms with Crippen LogP contribution in [-0.2, 0) is 6.42 Å². The maximum atomic E-state index is 9.97. The predicted molar refractivity (Wildman–Crippen MR) is 85.5 cm³/mol. The highest BCUT2D eigenvalue weighted by Gasteiger charge is 2.16. The van der Waals surface area contributed by atoms with Gasteiger partial charge in [0.15, 0.2) is 0 Å². The van der Waals surface area contributed by atoms with E-state index >= 15 is 0 Å². The lowest BCUT2D eigenvalue weighted by Gasteiger charge is -2.20. The van der Waals surface area contributed by atoms with Gasteiger partial charge in [-0.05, 0) is 73.4 Å². The molecule has 1 unspecified atom stereocenters. The quantitative estimate of drug-likeness (QED) is 0.822. The van der Waals surface area contributed by atoms with Crippen LogP contribution < -0.4 is 0 Å². The molecule has 0 spiro atoms. The number of aromatic hydroxyl groups is 1. The highest BCUT2D eigenvalue weighted by Crippen LogP contribution is 2.31. The minimum absolute atomic E-state index is 0.410. The van der Waals surface area contributed by atoms with Crippen LogP contribution in [0.3, 0.4) is 0 Å². The topological polar surface area (TPSA) is 20.2 Å². The van der Waals surface area contributed by atoms with Crippen molar-refractivity contribution in [2.24, 2.45) is 0 Å². The molecule has 0 saturated heterocycles. The third-order valence-corrected chi connectivity index (χ3v) is 4.49. The van der Waals surface area contributed by atoms with Gasteiger partial charge < -0.3 is 5.11 Å². The average molecular weight is 268 g/mol. The molecule has 1 heteroatoms. The van der Waals surface area contributed by atoms with Crippen molar-refractivity contribution >= 4 is 0 Å². The molecule has 0 aliphatic carbocycles. The van der Waals surface area contributed by atoms with Crippen LogP contribution in [-0.4, -0.2) is 5.11 Å². The summed E-state index contributed by atoms with van der Waals surface area (Å²) in [5.41, 5.74) is 6.59. The summed E-state index contributed by atoms with van der Waals surface area (Å²) in [7, 11) is 0. The lowest BCUT2D eigenvalue weighted by molar-refractivity contribution is 0.464. The number of hydrogen-bond acceptors (Lipinski definition) is 1. The molecule has 2 aromatic carbocycles. The highest BCUT2D eigenvalue weighted by molar-refractivity contribution is 5.42. The Bertz CT molecular complexity index is 599. The number of para-hydroxylation sites is 1. The molecule has 20 heavy (non-hydrogen) atoms. The van der Waals surface area contributed by atoms with Gasteiger partial charge in [0.05, 0.1) is 0 Å².